The van der Waals surface area contributed by atoms with E-state index >= 15 is 0 Å². The maximum Gasteiger partial charge on any atom is 0.341 e. The Bertz CT molecular complexity index is 1440. The van der Waals surface area contributed by atoms with E-state index in [0.717, 1.165) is 21.5 Å². The fraction of sp³-hybridized carbons (Fsp3) is 0.125. The molecule has 7 heteroatoms. The highest BCUT2D eigenvalue weighted by atomic mass is 32.3. The Labute approximate surface area is 184 Å². The first kappa shape index (κ1) is 19.9. The zero-order valence-corrected chi connectivity index (χ0v) is 18.2. The van der Waals surface area contributed by atoms with Gasteiger partial charge in [-0.3, -0.25) is 0 Å². The predicted octanol–water partition coefficient (Wildman–Crippen LogP) is 5.16. The lowest BCUT2D eigenvalue weighted by molar-refractivity contribution is 0.540. The first-order chi connectivity index (χ1) is 14.9. The molecule has 0 saturated carbocycles. The number of rotatable bonds is 3. The standard InChI is InChI=1S/C24H19NO4S2/c1-15-10-12-17(13-11-15)31(27,28)24-22(25-19-7-3-5-9-21(19)30-24)18-14-16-6-2-4-8-20(16)29-23(18)26/h2-14,22,24-25H,1H3. The second-order valence-electron chi connectivity index (χ2n) is 7.49. The van der Waals surface area contributed by atoms with E-state index in [1.54, 1.807) is 42.5 Å². The molecule has 0 amide bonds. The Morgan fingerprint density at radius 3 is 2.45 bits per heavy atom. The molecule has 1 aliphatic rings. The predicted molar refractivity (Wildman–Crippen MR) is 123 cm³/mol. The van der Waals surface area contributed by atoms with Gasteiger partial charge in [0.25, 0.3) is 0 Å². The lowest BCUT2D eigenvalue weighted by Crippen LogP contribution is -2.36. The molecule has 0 bridgehead atoms. The molecule has 1 N–H and O–H groups in total. The molecule has 0 fully saturated rings. The van der Waals surface area contributed by atoms with Crippen LogP contribution in [0.15, 0.2) is 97.9 Å². The summed E-state index contributed by atoms with van der Waals surface area (Å²) < 4.78 is 31.9. The SMILES string of the molecule is Cc1ccc(S(=O)(=O)C2Sc3ccccc3NC2c2cc3ccccc3oc2=O)cc1. The van der Waals surface area contributed by atoms with Gasteiger partial charge in [-0.15, -0.1) is 11.8 Å². The number of benzene rings is 3. The van der Waals surface area contributed by atoms with E-state index in [1.807, 2.05) is 43.3 Å². The summed E-state index contributed by atoms with van der Waals surface area (Å²) in [5.41, 5.74) is 1.99. The quantitative estimate of drug-likeness (QED) is 0.436. The van der Waals surface area contributed by atoms with Crippen molar-refractivity contribution >= 4 is 38.3 Å². The summed E-state index contributed by atoms with van der Waals surface area (Å²) >= 11 is 1.25. The molecule has 2 heterocycles. The number of hydrogen-bond acceptors (Lipinski definition) is 6. The fourth-order valence-corrected chi connectivity index (χ4v) is 7.26. The van der Waals surface area contributed by atoms with Crippen LogP contribution in [0.1, 0.15) is 17.2 Å². The minimum Gasteiger partial charge on any atom is -0.422 e. The largest absolute Gasteiger partial charge is 0.422 e. The fourth-order valence-electron chi connectivity index (χ4n) is 3.74. The molecule has 31 heavy (non-hydrogen) atoms. The molecular formula is C24H19NO4S2. The van der Waals surface area contributed by atoms with Gasteiger partial charge in [-0.1, -0.05) is 48.0 Å². The number of sulfone groups is 1. The van der Waals surface area contributed by atoms with Gasteiger partial charge in [-0.2, -0.15) is 0 Å². The lowest BCUT2D eigenvalue weighted by atomic mass is 10.1. The minimum atomic E-state index is -3.77. The molecule has 4 aromatic rings. The van der Waals surface area contributed by atoms with Gasteiger partial charge in [0.15, 0.2) is 9.84 Å². The average molecular weight is 450 g/mol. The molecule has 1 aromatic heterocycles. The molecule has 2 unspecified atom stereocenters. The summed E-state index contributed by atoms with van der Waals surface area (Å²) in [6, 6.07) is 22.5. The molecule has 3 aromatic carbocycles. The summed E-state index contributed by atoms with van der Waals surface area (Å²) in [6.45, 7) is 1.91. The van der Waals surface area contributed by atoms with Crippen molar-refractivity contribution in [1.82, 2.24) is 0 Å². The molecule has 5 rings (SSSR count). The summed E-state index contributed by atoms with van der Waals surface area (Å²) in [6.07, 6.45) is 0. The van der Waals surface area contributed by atoms with Crippen LogP contribution in [-0.2, 0) is 9.84 Å². The topological polar surface area (TPSA) is 76.4 Å². The van der Waals surface area contributed by atoms with Crippen molar-refractivity contribution in [2.24, 2.45) is 0 Å². The van der Waals surface area contributed by atoms with E-state index in [9.17, 15) is 13.2 Å². The molecule has 0 radical (unpaired) electrons. The van der Waals surface area contributed by atoms with Crippen LogP contribution in [-0.4, -0.2) is 13.0 Å². The van der Waals surface area contributed by atoms with Crippen LogP contribution in [0, 0.1) is 6.92 Å². The van der Waals surface area contributed by atoms with Crippen LogP contribution in [0.5, 0.6) is 0 Å². The van der Waals surface area contributed by atoms with Gasteiger partial charge in [0.1, 0.15) is 10.2 Å². The minimum absolute atomic E-state index is 0.229. The number of thioether (sulfide) groups is 1. The van der Waals surface area contributed by atoms with E-state index in [-0.39, 0.29) is 4.90 Å². The Morgan fingerprint density at radius 2 is 1.65 bits per heavy atom. The molecule has 5 nitrogen and oxygen atoms in total. The van der Waals surface area contributed by atoms with Gasteiger partial charge in [0, 0.05) is 16.0 Å². The highest BCUT2D eigenvalue weighted by Gasteiger charge is 2.41. The van der Waals surface area contributed by atoms with Gasteiger partial charge in [-0.25, -0.2) is 13.2 Å². The van der Waals surface area contributed by atoms with Crippen molar-refractivity contribution in [1.29, 1.82) is 0 Å². The highest BCUT2D eigenvalue weighted by molar-refractivity contribution is 8.13. The summed E-state index contributed by atoms with van der Waals surface area (Å²) in [5, 5.41) is 4.04. The Hall–Kier alpha value is -3.03. The van der Waals surface area contributed by atoms with Crippen LogP contribution in [0.25, 0.3) is 11.0 Å². The first-order valence-electron chi connectivity index (χ1n) is 9.79. The number of anilines is 1. The van der Waals surface area contributed by atoms with Crippen LogP contribution in [0.2, 0.25) is 0 Å². The van der Waals surface area contributed by atoms with Crippen molar-refractivity contribution in [3.8, 4) is 0 Å². The Kier molecular flexibility index (Phi) is 4.87. The average Bonchev–Trinajstić information content (AvgIpc) is 2.78. The van der Waals surface area contributed by atoms with Gasteiger partial charge >= 0.3 is 5.63 Å². The third kappa shape index (κ3) is 3.54. The summed E-state index contributed by atoms with van der Waals surface area (Å²) in [4.78, 5) is 13.9. The van der Waals surface area contributed by atoms with Crippen LogP contribution in [0.4, 0.5) is 5.69 Å². The number of hydrogen-bond donors (Lipinski definition) is 1. The molecule has 156 valence electrons. The van der Waals surface area contributed by atoms with Crippen molar-refractivity contribution in [3.63, 3.8) is 0 Å². The third-order valence-electron chi connectivity index (χ3n) is 5.37. The zero-order valence-electron chi connectivity index (χ0n) is 16.6. The van der Waals surface area contributed by atoms with E-state index in [1.165, 1.54) is 11.8 Å². The number of fused-ring (bicyclic) bond motifs is 2. The molecule has 0 aliphatic carbocycles. The third-order valence-corrected chi connectivity index (χ3v) is 9.35. The van der Waals surface area contributed by atoms with Crippen LogP contribution >= 0.6 is 11.8 Å². The second kappa shape index (κ2) is 7.59. The van der Waals surface area contributed by atoms with Crippen molar-refractivity contribution in [2.45, 2.75) is 27.3 Å². The van der Waals surface area contributed by atoms with Gasteiger partial charge in [0.05, 0.1) is 16.5 Å². The maximum atomic E-state index is 13.7. The van der Waals surface area contributed by atoms with Crippen molar-refractivity contribution in [2.75, 3.05) is 5.32 Å². The van der Waals surface area contributed by atoms with E-state index in [2.05, 4.69) is 5.32 Å². The van der Waals surface area contributed by atoms with Gasteiger partial charge in [0.2, 0.25) is 0 Å². The van der Waals surface area contributed by atoms with Crippen LogP contribution in [0.3, 0.4) is 0 Å². The highest BCUT2D eigenvalue weighted by Crippen LogP contribution is 2.46. The van der Waals surface area contributed by atoms with Crippen molar-refractivity contribution in [3.05, 3.63) is 100 Å². The lowest BCUT2D eigenvalue weighted by Gasteiger charge is -2.33. The number of aryl methyl sites for hydroxylation is 1. The smallest absolute Gasteiger partial charge is 0.341 e. The van der Waals surface area contributed by atoms with E-state index < -0.39 is 26.1 Å². The molecule has 2 atom stereocenters. The Morgan fingerprint density at radius 1 is 0.935 bits per heavy atom. The molecule has 0 saturated heterocycles. The van der Waals surface area contributed by atoms with Crippen molar-refractivity contribution < 1.29 is 12.8 Å². The molecule has 0 spiro atoms. The number of nitrogens with one attached hydrogen (secondary N) is 1. The van der Waals surface area contributed by atoms with Gasteiger partial charge < -0.3 is 9.73 Å². The summed E-state index contributed by atoms with van der Waals surface area (Å²) in [5.74, 6) is 0. The maximum absolute atomic E-state index is 13.7. The van der Waals surface area contributed by atoms with E-state index in [4.69, 9.17) is 4.42 Å². The normalized spacial score (nSPS) is 18.4. The first-order valence-corrected chi connectivity index (χ1v) is 12.2. The van der Waals surface area contributed by atoms with Gasteiger partial charge in [-0.05, 0) is 43.3 Å². The monoisotopic (exact) mass is 449 g/mol. The second-order valence-corrected chi connectivity index (χ2v) is 11.0. The summed E-state index contributed by atoms with van der Waals surface area (Å²) in [7, 11) is -3.77. The molecule has 1 aliphatic heterocycles. The zero-order chi connectivity index (χ0) is 21.6. The number of para-hydroxylation sites is 2. The van der Waals surface area contributed by atoms with Crippen LogP contribution < -0.4 is 10.9 Å². The molecular weight excluding hydrogens is 430 g/mol. The van der Waals surface area contributed by atoms with E-state index in [0.29, 0.717) is 11.1 Å². The Balaban J connectivity index is 1.69.